The molecule has 1 amide bonds. The molecule has 2 aliphatic heterocycles. The summed E-state index contributed by atoms with van der Waals surface area (Å²) in [4.78, 5) is 23.5. The van der Waals surface area contributed by atoms with Crippen molar-refractivity contribution in [1.82, 2.24) is 15.3 Å². The predicted molar refractivity (Wildman–Crippen MR) is 127 cm³/mol. The number of rotatable bonds is 4. The normalized spacial score (nSPS) is 20.4. The number of hydrogen-bond donors (Lipinski definition) is 2. The highest BCUT2D eigenvalue weighted by molar-refractivity contribution is 5.92. The number of halogens is 1. The fourth-order valence-corrected chi connectivity index (χ4v) is 4.34. The second-order valence-electron chi connectivity index (χ2n) is 8.49. The lowest BCUT2D eigenvalue weighted by molar-refractivity contribution is 0.0813. The molecule has 9 heteroatoms. The van der Waals surface area contributed by atoms with Crippen LogP contribution in [0.25, 0.3) is 22.3 Å². The van der Waals surface area contributed by atoms with E-state index in [0.29, 0.717) is 50.5 Å². The number of ether oxygens (including phenoxy) is 2. The van der Waals surface area contributed by atoms with E-state index >= 15 is 0 Å². The van der Waals surface area contributed by atoms with Gasteiger partial charge in [0, 0.05) is 29.2 Å². The number of aryl methyl sites for hydroxylation is 1. The van der Waals surface area contributed by atoms with Crippen molar-refractivity contribution < 1.29 is 28.0 Å². The Morgan fingerprint density at radius 1 is 1.30 bits per heavy atom. The Bertz CT molecular complexity index is 1190. The number of benzene rings is 2. The van der Waals surface area contributed by atoms with E-state index in [1.54, 1.807) is 0 Å². The van der Waals surface area contributed by atoms with Crippen LogP contribution in [0.5, 0.6) is 5.75 Å². The van der Waals surface area contributed by atoms with E-state index < -0.39 is 11.9 Å². The quantitative estimate of drug-likeness (QED) is 0.602. The summed E-state index contributed by atoms with van der Waals surface area (Å²) in [7, 11) is 0. The zero-order valence-electron chi connectivity index (χ0n) is 18.3. The molecule has 0 unspecified atom stereocenters. The molecular formula is C24H31FN4O4. The highest BCUT2D eigenvalue weighted by atomic mass is 19.1. The molecular weight excluding hydrogens is 427 g/mol. The Morgan fingerprint density at radius 2 is 2.18 bits per heavy atom. The van der Waals surface area contributed by atoms with Crippen LogP contribution < -0.4 is 10.2 Å². The topological polar surface area (TPSA) is 96.8 Å². The summed E-state index contributed by atoms with van der Waals surface area (Å²) >= 11 is 0. The van der Waals surface area contributed by atoms with Crippen LogP contribution in [0, 0.1) is 12.7 Å². The molecule has 2 saturated heterocycles. The lowest BCUT2D eigenvalue weighted by Gasteiger charge is -2.21. The largest absolute Gasteiger partial charge is 0.507 e. The number of nitrogens with one attached hydrogen (secondary N) is 1. The Hall–Kier alpha value is -3.46. The smallest absolute Gasteiger partial charge is 0.407 e. The maximum absolute atomic E-state index is 14.6. The second-order valence-corrected chi connectivity index (χ2v) is 8.49. The fraction of sp³-hybridized carbons (Fsp3) is 0.375. The molecule has 1 aromatic heterocycles. The minimum Gasteiger partial charge on any atom is -0.507 e. The van der Waals surface area contributed by atoms with Gasteiger partial charge in [0.2, 0.25) is 0 Å². The molecule has 2 fully saturated rings. The number of phenols is 1. The number of aromatic hydroxyl groups is 1. The lowest BCUT2D eigenvalue weighted by atomic mass is 10.1. The maximum atomic E-state index is 14.6. The first kappa shape index (κ1) is 21.4. The van der Waals surface area contributed by atoms with E-state index in [9.17, 15) is 14.3 Å². The molecule has 2 N–H and O–H groups in total. The van der Waals surface area contributed by atoms with Crippen LogP contribution >= 0.6 is 0 Å². The number of aromatic nitrogens is 2. The summed E-state index contributed by atoms with van der Waals surface area (Å²) in [6, 6.07) is 9.85. The minimum absolute atomic E-state index is 0. The molecule has 0 spiro atoms. The van der Waals surface area contributed by atoms with Gasteiger partial charge in [0.05, 0.1) is 30.3 Å². The third-order valence-electron chi connectivity index (χ3n) is 6.02. The summed E-state index contributed by atoms with van der Waals surface area (Å²) in [5.74, 6) is -0.0459. The molecule has 2 atom stereocenters. The number of amides is 1. The molecule has 3 aromatic rings. The number of carbonyl (C=O) groups excluding carboxylic acids is 1. The first-order valence-electron chi connectivity index (χ1n) is 11.0. The van der Waals surface area contributed by atoms with E-state index in [1.165, 1.54) is 18.2 Å². The lowest BCUT2D eigenvalue weighted by Crippen LogP contribution is -2.39. The molecule has 3 heterocycles. The van der Waals surface area contributed by atoms with Crippen LogP contribution in [0.4, 0.5) is 15.0 Å². The van der Waals surface area contributed by atoms with Crippen LogP contribution in [-0.4, -0.2) is 59.6 Å². The van der Waals surface area contributed by atoms with Crippen molar-refractivity contribution in [2.24, 2.45) is 0 Å². The Labute approximate surface area is 194 Å². The van der Waals surface area contributed by atoms with Gasteiger partial charge in [0.25, 0.3) is 0 Å². The van der Waals surface area contributed by atoms with Crippen LogP contribution in [0.2, 0.25) is 0 Å². The van der Waals surface area contributed by atoms with Crippen molar-refractivity contribution in [2.75, 3.05) is 31.2 Å². The summed E-state index contributed by atoms with van der Waals surface area (Å²) in [5, 5.41) is 14.0. The van der Waals surface area contributed by atoms with Crippen LogP contribution in [0.15, 0.2) is 36.4 Å². The number of fused-ring (bicyclic) bond motifs is 1. The van der Waals surface area contributed by atoms with Crippen molar-refractivity contribution in [3.05, 3.63) is 47.8 Å². The molecule has 2 aromatic carbocycles. The molecule has 33 heavy (non-hydrogen) atoms. The van der Waals surface area contributed by atoms with E-state index in [4.69, 9.17) is 9.47 Å². The second kappa shape index (κ2) is 8.82. The van der Waals surface area contributed by atoms with Gasteiger partial charge in [-0.15, -0.1) is 0 Å². The minimum atomic E-state index is -0.590. The van der Waals surface area contributed by atoms with Gasteiger partial charge in [-0.25, -0.2) is 19.2 Å². The first-order chi connectivity index (χ1) is 16.0. The van der Waals surface area contributed by atoms with Crippen molar-refractivity contribution in [1.29, 1.82) is 0 Å². The Kier molecular flexibility index (Phi) is 5.72. The summed E-state index contributed by atoms with van der Waals surface area (Å²) in [6.07, 6.45) is 0.779. The number of alkyl carbamates (subject to hydrolysis) is 1. The van der Waals surface area contributed by atoms with E-state index in [0.717, 1.165) is 10.9 Å². The van der Waals surface area contributed by atoms with Crippen molar-refractivity contribution >= 4 is 22.8 Å². The van der Waals surface area contributed by atoms with E-state index in [1.807, 2.05) is 30.0 Å². The molecule has 2 aliphatic rings. The van der Waals surface area contributed by atoms with Crippen molar-refractivity contribution in [3.63, 3.8) is 0 Å². The van der Waals surface area contributed by atoms with Gasteiger partial charge in [0.1, 0.15) is 23.5 Å². The van der Waals surface area contributed by atoms with Gasteiger partial charge in [0.15, 0.2) is 5.82 Å². The fourth-order valence-electron chi connectivity index (χ4n) is 4.34. The van der Waals surface area contributed by atoms with Gasteiger partial charge in [-0.1, -0.05) is 12.1 Å². The van der Waals surface area contributed by atoms with Crippen LogP contribution in [0.1, 0.15) is 22.7 Å². The SMILES string of the molecule is Cc1ccc2c(N3CC[C@@H](NC(=O)O[C@H]4CCOC4)C3)nc(-c3c(O)cccc3F)nc2c1.[HH].[HH].[HH]. The number of phenolic OH excluding ortho intramolecular Hbond substituents is 1. The average Bonchev–Trinajstić information content (AvgIpc) is 3.45. The molecule has 0 aliphatic carbocycles. The number of hydrogen-bond acceptors (Lipinski definition) is 7. The summed E-state index contributed by atoms with van der Waals surface area (Å²) in [6.45, 7) is 4.18. The first-order valence-corrected chi connectivity index (χ1v) is 11.0. The Morgan fingerprint density at radius 3 is 2.97 bits per heavy atom. The van der Waals surface area contributed by atoms with Gasteiger partial charge in [-0.3, -0.25) is 0 Å². The maximum Gasteiger partial charge on any atom is 0.407 e. The van der Waals surface area contributed by atoms with Crippen molar-refractivity contribution in [2.45, 2.75) is 31.9 Å². The van der Waals surface area contributed by atoms with Gasteiger partial charge in [-0.05, 0) is 43.2 Å². The van der Waals surface area contributed by atoms with Gasteiger partial charge in [-0.2, -0.15) is 0 Å². The zero-order valence-corrected chi connectivity index (χ0v) is 18.3. The molecule has 8 nitrogen and oxygen atoms in total. The number of nitrogens with zero attached hydrogens (tertiary/aromatic N) is 3. The van der Waals surface area contributed by atoms with E-state index in [2.05, 4.69) is 15.3 Å². The summed E-state index contributed by atoms with van der Waals surface area (Å²) < 4.78 is 25.2. The highest BCUT2D eigenvalue weighted by Crippen LogP contribution is 2.34. The third kappa shape index (κ3) is 4.41. The average molecular weight is 459 g/mol. The third-order valence-corrected chi connectivity index (χ3v) is 6.02. The molecule has 0 bridgehead atoms. The Balaban J connectivity index is 0.00000152. The van der Waals surface area contributed by atoms with Gasteiger partial charge < -0.3 is 24.8 Å². The van der Waals surface area contributed by atoms with Crippen LogP contribution in [0.3, 0.4) is 0 Å². The predicted octanol–water partition coefficient (Wildman–Crippen LogP) is 4.28. The van der Waals surface area contributed by atoms with Crippen LogP contribution in [-0.2, 0) is 9.47 Å². The van der Waals surface area contributed by atoms with E-state index in [-0.39, 0.29) is 33.6 Å². The van der Waals surface area contributed by atoms with Crippen molar-refractivity contribution in [3.8, 4) is 17.1 Å². The molecule has 0 saturated carbocycles. The number of anilines is 1. The zero-order chi connectivity index (χ0) is 22.9. The number of carbonyl (C=O) groups is 1. The highest BCUT2D eigenvalue weighted by Gasteiger charge is 2.29. The molecule has 0 radical (unpaired) electrons. The summed E-state index contributed by atoms with van der Waals surface area (Å²) in [5.41, 5.74) is 1.64. The standard InChI is InChI=1S/C24H25FN4O4.3H2/c1-14-5-6-17-19(11-14)27-22(21-18(25)3-2-4-20(21)30)28-23(17)29-9-7-15(12-29)26-24(31)33-16-8-10-32-13-16;;;/h2-6,11,15-16,30H,7-10,12-13H2,1H3,(H,26,31);3*1H/t15-,16+;;;/m1.../s1. The molecule has 178 valence electrons. The molecule has 5 rings (SSSR count). The monoisotopic (exact) mass is 458 g/mol. The van der Waals surface area contributed by atoms with Gasteiger partial charge >= 0.3 is 6.09 Å².